The quantitative estimate of drug-likeness (QED) is 0.348. The van der Waals surface area contributed by atoms with Crippen molar-refractivity contribution in [2.24, 2.45) is 5.73 Å². The SMILES string of the molecule is COC(=O)CNc1c(-c2ccc(F)cc2)nc2cc(C(=O)NCc3cccc(CN)c3)ccn12. The number of carbonyl (C=O) groups excluding carboxylic acids is 2. The van der Waals surface area contributed by atoms with Crippen LogP contribution in [0, 0.1) is 5.82 Å². The molecular formula is C25H24FN5O3. The first kappa shape index (κ1) is 22.9. The molecule has 2 heterocycles. The summed E-state index contributed by atoms with van der Waals surface area (Å²) in [5.74, 6) is -0.545. The van der Waals surface area contributed by atoms with E-state index >= 15 is 0 Å². The summed E-state index contributed by atoms with van der Waals surface area (Å²) in [6.45, 7) is 0.711. The summed E-state index contributed by atoms with van der Waals surface area (Å²) in [7, 11) is 1.30. The summed E-state index contributed by atoms with van der Waals surface area (Å²) in [5, 5.41) is 5.93. The molecule has 4 rings (SSSR count). The molecule has 0 spiro atoms. The van der Waals surface area contributed by atoms with Crippen LogP contribution in [-0.4, -0.2) is 34.9 Å². The number of pyridine rings is 1. The molecule has 1 amide bonds. The van der Waals surface area contributed by atoms with Crippen molar-refractivity contribution in [1.82, 2.24) is 14.7 Å². The van der Waals surface area contributed by atoms with Gasteiger partial charge >= 0.3 is 5.97 Å². The average molecular weight is 461 g/mol. The number of rotatable bonds is 8. The molecule has 0 radical (unpaired) electrons. The molecule has 0 bridgehead atoms. The van der Waals surface area contributed by atoms with Crippen molar-refractivity contribution in [3.05, 3.63) is 89.4 Å². The molecule has 0 aliphatic carbocycles. The van der Waals surface area contributed by atoms with E-state index in [2.05, 4.69) is 15.6 Å². The molecule has 8 nitrogen and oxygen atoms in total. The van der Waals surface area contributed by atoms with Gasteiger partial charge in [-0.25, -0.2) is 9.37 Å². The number of halogens is 1. The van der Waals surface area contributed by atoms with E-state index in [0.717, 1.165) is 11.1 Å². The van der Waals surface area contributed by atoms with Crippen molar-refractivity contribution in [2.45, 2.75) is 13.1 Å². The van der Waals surface area contributed by atoms with Crippen LogP contribution in [0.4, 0.5) is 10.2 Å². The minimum Gasteiger partial charge on any atom is -0.468 e. The zero-order valence-electron chi connectivity index (χ0n) is 18.5. The maximum absolute atomic E-state index is 13.4. The summed E-state index contributed by atoms with van der Waals surface area (Å²) < 4.78 is 19.9. The fourth-order valence-corrected chi connectivity index (χ4v) is 3.54. The lowest BCUT2D eigenvalue weighted by Crippen LogP contribution is -2.23. The maximum Gasteiger partial charge on any atom is 0.325 e. The fraction of sp³-hybridized carbons (Fsp3) is 0.160. The number of esters is 1. The number of nitrogens with two attached hydrogens (primary N) is 1. The summed E-state index contributed by atoms with van der Waals surface area (Å²) in [6, 6.07) is 16.9. The van der Waals surface area contributed by atoms with Crippen LogP contribution in [0.1, 0.15) is 21.5 Å². The van der Waals surface area contributed by atoms with Gasteiger partial charge in [-0.05, 0) is 47.5 Å². The topological polar surface area (TPSA) is 111 Å². The summed E-state index contributed by atoms with van der Waals surface area (Å²) in [5.41, 5.74) is 9.71. The number of anilines is 1. The molecule has 4 N–H and O–H groups in total. The molecule has 0 saturated carbocycles. The van der Waals surface area contributed by atoms with Gasteiger partial charge in [0.1, 0.15) is 29.5 Å². The van der Waals surface area contributed by atoms with E-state index in [-0.39, 0.29) is 18.3 Å². The molecule has 0 unspecified atom stereocenters. The molecule has 174 valence electrons. The number of hydrogen-bond donors (Lipinski definition) is 3. The molecule has 2 aromatic carbocycles. The van der Waals surface area contributed by atoms with E-state index in [1.807, 2.05) is 24.3 Å². The highest BCUT2D eigenvalue weighted by Gasteiger charge is 2.17. The van der Waals surface area contributed by atoms with Gasteiger partial charge in [-0.1, -0.05) is 24.3 Å². The van der Waals surface area contributed by atoms with Gasteiger partial charge in [-0.3, -0.25) is 14.0 Å². The molecular weight excluding hydrogens is 437 g/mol. The Morgan fingerprint density at radius 1 is 1.09 bits per heavy atom. The predicted molar refractivity (Wildman–Crippen MR) is 127 cm³/mol. The number of hydrogen-bond acceptors (Lipinski definition) is 6. The van der Waals surface area contributed by atoms with E-state index in [9.17, 15) is 14.0 Å². The van der Waals surface area contributed by atoms with Gasteiger partial charge in [-0.2, -0.15) is 0 Å². The Kier molecular flexibility index (Phi) is 6.84. The minimum absolute atomic E-state index is 0.0808. The van der Waals surface area contributed by atoms with Gasteiger partial charge in [0.2, 0.25) is 0 Å². The van der Waals surface area contributed by atoms with Crippen molar-refractivity contribution >= 4 is 23.3 Å². The van der Waals surface area contributed by atoms with Crippen LogP contribution in [0.3, 0.4) is 0 Å². The number of carbonyl (C=O) groups is 2. The molecule has 34 heavy (non-hydrogen) atoms. The molecule has 0 fully saturated rings. The first-order valence-electron chi connectivity index (χ1n) is 10.6. The second kappa shape index (κ2) is 10.1. The van der Waals surface area contributed by atoms with Gasteiger partial charge in [0.15, 0.2) is 0 Å². The van der Waals surface area contributed by atoms with Crippen LogP contribution in [-0.2, 0) is 22.6 Å². The van der Waals surface area contributed by atoms with Gasteiger partial charge < -0.3 is 21.1 Å². The number of nitrogens with zero attached hydrogens (tertiary/aromatic N) is 2. The highest BCUT2D eigenvalue weighted by Crippen LogP contribution is 2.29. The number of nitrogens with one attached hydrogen (secondary N) is 2. The molecule has 2 aromatic heterocycles. The van der Waals surface area contributed by atoms with Crippen molar-refractivity contribution in [3.8, 4) is 11.3 Å². The lowest BCUT2D eigenvalue weighted by Gasteiger charge is -2.09. The van der Waals surface area contributed by atoms with E-state index in [4.69, 9.17) is 10.5 Å². The second-order valence-corrected chi connectivity index (χ2v) is 7.60. The van der Waals surface area contributed by atoms with Gasteiger partial charge in [0.05, 0.1) is 7.11 Å². The highest BCUT2D eigenvalue weighted by molar-refractivity contribution is 5.95. The highest BCUT2D eigenvalue weighted by atomic mass is 19.1. The van der Waals surface area contributed by atoms with Crippen LogP contribution in [0.25, 0.3) is 16.9 Å². The lowest BCUT2D eigenvalue weighted by molar-refractivity contribution is -0.138. The van der Waals surface area contributed by atoms with Crippen LogP contribution in [0.2, 0.25) is 0 Å². The van der Waals surface area contributed by atoms with Crippen molar-refractivity contribution in [2.75, 3.05) is 19.0 Å². The van der Waals surface area contributed by atoms with Gasteiger partial charge in [-0.15, -0.1) is 0 Å². The zero-order chi connectivity index (χ0) is 24.1. The zero-order valence-corrected chi connectivity index (χ0v) is 18.5. The summed E-state index contributed by atoms with van der Waals surface area (Å²) in [4.78, 5) is 29.1. The smallest absolute Gasteiger partial charge is 0.325 e. The number of methoxy groups -OCH3 is 1. The van der Waals surface area contributed by atoms with E-state index in [0.29, 0.717) is 41.4 Å². The van der Waals surface area contributed by atoms with E-state index < -0.39 is 5.97 Å². The Bertz CT molecular complexity index is 1330. The fourth-order valence-electron chi connectivity index (χ4n) is 3.54. The maximum atomic E-state index is 13.4. The third-order valence-corrected chi connectivity index (χ3v) is 5.31. The second-order valence-electron chi connectivity index (χ2n) is 7.60. The average Bonchev–Trinajstić information content (AvgIpc) is 3.24. The lowest BCUT2D eigenvalue weighted by atomic mass is 10.1. The van der Waals surface area contributed by atoms with Crippen molar-refractivity contribution < 1.29 is 18.7 Å². The number of aromatic nitrogens is 2. The number of benzene rings is 2. The van der Waals surface area contributed by atoms with Crippen molar-refractivity contribution in [1.29, 1.82) is 0 Å². The Labute approximate surface area is 195 Å². The van der Waals surface area contributed by atoms with Gasteiger partial charge in [0, 0.05) is 30.4 Å². The van der Waals surface area contributed by atoms with Crippen LogP contribution in [0.15, 0.2) is 66.9 Å². The van der Waals surface area contributed by atoms with Crippen LogP contribution < -0.4 is 16.4 Å². The molecule has 4 aromatic rings. The Morgan fingerprint density at radius 2 is 1.85 bits per heavy atom. The van der Waals surface area contributed by atoms with E-state index in [1.165, 1.54) is 19.2 Å². The Morgan fingerprint density at radius 3 is 2.59 bits per heavy atom. The number of ether oxygens (including phenoxy) is 1. The molecule has 0 saturated heterocycles. The summed E-state index contributed by atoms with van der Waals surface area (Å²) >= 11 is 0. The number of imidazole rings is 1. The third kappa shape index (κ3) is 5.05. The normalized spacial score (nSPS) is 10.8. The summed E-state index contributed by atoms with van der Waals surface area (Å²) in [6.07, 6.45) is 1.69. The standard InChI is InChI=1S/C25H24FN5O3/c1-34-22(32)15-28-24-23(18-5-7-20(26)8-6-18)30-21-12-19(9-10-31(21)24)25(33)29-14-17-4-2-3-16(11-17)13-27/h2-12,28H,13-15,27H2,1H3,(H,29,33). The molecule has 0 aliphatic rings. The molecule has 9 heteroatoms. The molecule has 0 aliphatic heterocycles. The number of amides is 1. The van der Waals surface area contributed by atoms with Crippen molar-refractivity contribution in [3.63, 3.8) is 0 Å². The largest absolute Gasteiger partial charge is 0.468 e. The Hall–Kier alpha value is -4.24. The first-order valence-corrected chi connectivity index (χ1v) is 10.6. The predicted octanol–water partition coefficient (Wildman–Crippen LogP) is 3.11. The van der Waals surface area contributed by atoms with Crippen LogP contribution >= 0.6 is 0 Å². The Balaban J connectivity index is 1.62. The number of fused-ring (bicyclic) bond motifs is 1. The monoisotopic (exact) mass is 461 g/mol. The third-order valence-electron chi connectivity index (χ3n) is 5.31. The minimum atomic E-state index is -0.449. The molecule has 0 atom stereocenters. The van der Waals surface area contributed by atoms with Crippen LogP contribution in [0.5, 0.6) is 0 Å². The first-order chi connectivity index (χ1) is 16.5. The van der Waals surface area contributed by atoms with E-state index in [1.54, 1.807) is 34.9 Å². The van der Waals surface area contributed by atoms with Gasteiger partial charge in [0.25, 0.3) is 5.91 Å².